The number of nitrogens with one attached hydrogen (secondary N) is 1. The molecule has 2 nitrogen and oxygen atoms in total. The van der Waals surface area contributed by atoms with Gasteiger partial charge in [-0.1, -0.05) is 6.42 Å². The maximum atomic E-state index is 3.77. The van der Waals surface area contributed by atoms with E-state index >= 15 is 0 Å². The van der Waals surface area contributed by atoms with Gasteiger partial charge >= 0.3 is 0 Å². The first-order valence-corrected chi connectivity index (χ1v) is 7.17. The zero-order chi connectivity index (χ0) is 9.38. The number of piperidine rings is 1. The predicted molar refractivity (Wildman–Crippen MR) is 61.9 cm³/mol. The smallest absolute Gasteiger partial charge is 0.0343 e. The number of thioether (sulfide) groups is 1. The van der Waals surface area contributed by atoms with Crippen LogP contribution in [0.4, 0.5) is 0 Å². The van der Waals surface area contributed by atoms with E-state index in [1.165, 1.54) is 50.3 Å². The number of rotatable bonds is 0. The first-order valence-electron chi connectivity index (χ1n) is 6.02. The summed E-state index contributed by atoms with van der Waals surface area (Å²) in [7, 11) is 0. The summed E-state index contributed by atoms with van der Waals surface area (Å²) < 4.78 is 0. The molecule has 0 spiro atoms. The van der Waals surface area contributed by atoms with Crippen molar-refractivity contribution in [2.24, 2.45) is 0 Å². The van der Waals surface area contributed by atoms with Crippen LogP contribution in [0.5, 0.6) is 0 Å². The highest BCUT2D eigenvalue weighted by atomic mass is 32.2. The Morgan fingerprint density at radius 1 is 1.21 bits per heavy atom. The lowest BCUT2D eigenvalue weighted by Crippen LogP contribution is -2.65. The standard InChI is InChI=1S/C11H20N2S/c1-2-5-13-9(3-1)7-12-10-4-6-14-8-11(10)13/h9-12H,1-8H2. The Balaban J connectivity index is 1.74. The summed E-state index contributed by atoms with van der Waals surface area (Å²) in [5.41, 5.74) is 0. The third kappa shape index (κ3) is 1.59. The van der Waals surface area contributed by atoms with E-state index in [0.29, 0.717) is 0 Å². The molecule has 0 aliphatic carbocycles. The number of fused-ring (bicyclic) bond motifs is 3. The first kappa shape index (κ1) is 9.49. The molecule has 80 valence electrons. The minimum atomic E-state index is 0.811. The SMILES string of the molecule is C1CCN2C(C1)CNC1CCSCC12. The van der Waals surface area contributed by atoms with Crippen LogP contribution in [0.25, 0.3) is 0 Å². The van der Waals surface area contributed by atoms with Gasteiger partial charge in [0.15, 0.2) is 0 Å². The van der Waals surface area contributed by atoms with Gasteiger partial charge in [0, 0.05) is 30.4 Å². The van der Waals surface area contributed by atoms with Gasteiger partial charge in [-0.3, -0.25) is 4.90 Å². The highest BCUT2D eigenvalue weighted by molar-refractivity contribution is 7.99. The van der Waals surface area contributed by atoms with Crippen molar-refractivity contribution in [3.63, 3.8) is 0 Å². The van der Waals surface area contributed by atoms with Crippen molar-refractivity contribution >= 4 is 11.8 Å². The van der Waals surface area contributed by atoms with Gasteiger partial charge in [0.1, 0.15) is 0 Å². The van der Waals surface area contributed by atoms with Crippen LogP contribution in [0, 0.1) is 0 Å². The highest BCUT2D eigenvalue weighted by Crippen LogP contribution is 2.30. The number of nitrogens with zero attached hydrogens (tertiary/aromatic N) is 1. The van der Waals surface area contributed by atoms with Crippen molar-refractivity contribution in [2.45, 2.75) is 43.8 Å². The summed E-state index contributed by atoms with van der Waals surface area (Å²) in [6.07, 6.45) is 5.71. The zero-order valence-electron chi connectivity index (χ0n) is 8.74. The molecule has 0 amide bonds. The quantitative estimate of drug-likeness (QED) is 0.652. The number of hydrogen-bond acceptors (Lipinski definition) is 3. The lowest BCUT2D eigenvalue weighted by Gasteiger charge is -2.50. The van der Waals surface area contributed by atoms with Crippen LogP contribution in [0.15, 0.2) is 0 Å². The van der Waals surface area contributed by atoms with E-state index in [1.54, 1.807) is 0 Å². The van der Waals surface area contributed by atoms with E-state index in [4.69, 9.17) is 0 Å². The van der Waals surface area contributed by atoms with Gasteiger partial charge in [-0.2, -0.15) is 11.8 Å². The molecule has 14 heavy (non-hydrogen) atoms. The fourth-order valence-electron chi connectivity index (χ4n) is 3.25. The second-order valence-electron chi connectivity index (χ2n) is 4.83. The Morgan fingerprint density at radius 2 is 2.21 bits per heavy atom. The Kier molecular flexibility index (Phi) is 2.73. The predicted octanol–water partition coefficient (Wildman–Crippen LogP) is 1.32. The summed E-state index contributed by atoms with van der Waals surface area (Å²) in [5.74, 6) is 2.74. The lowest BCUT2D eigenvalue weighted by molar-refractivity contribution is 0.0448. The van der Waals surface area contributed by atoms with Crippen LogP contribution >= 0.6 is 11.8 Å². The van der Waals surface area contributed by atoms with Crippen LogP contribution in [0.3, 0.4) is 0 Å². The van der Waals surface area contributed by atoms with Gasteiger partial charge in [0.05, 0.1) is 0 Å². The van der Waals surface area contributed by atoms with Gasteiger partial charge < -0.3 is 5.32 Å². The average molecular weight is 212 g/mol. The van der Waals surface area contributed by atoms with Crippen molar-refractivity contribution in [3.8, 4) is 0 Å². The monoisotopic (exact) mass is 212 g/mol. The van der Waals surface area contributed by atoms with E-state index in [2.05, 4.69) is 22.0 Å². The van der Waals surface area contributed by atoms with Crippen LogP contribution in [0.1, 0.15) is 25.7 Å². The molecule has 0 saturated carbocycles. The second kappa shape index (κ2) is 4.03. The van der Waals surface area contributed by atoms with E-state index in [1.807, 2.05) is 0 Å². The maximum Gasteiger partial charge on any atom is 0.0343 e. The van der Waals surface area contributed by atoms with E-state index < -0.39 is 0 Å². The molecule has 0 radical (unpaired) electrons. The Labute approximate surface area is 90.8 Å². The Hall–Kier alpha value is 0.270. The van der Waals surface area contributed by atoms with E-state index in [-0.39, 0.29) is 0 Å². The molecule has 0 aromatic rings. The molecule has 3 aliphatic heterocycles. The zero-order valence-corrected chi connectivity index (χ0v) is 9.56. The third-order valence-corrected chi connectivity index (χ3v) is 5.14. The molecular formula is C11H20N2S. The maximum absolute atomic E-state index is 3.77. The molecule has 3 heteroatoms. The van der Waals surface area contributed by atoms with E-state index in [0.717, 1.165) is 18.1 Å². The number of piperazine rings is 1. The molecule has 1 N–H and O–H groups in total. The fourth-order valence-corrected chi connectivity index (χ4v) is 4.51. The van der Waals surface area contributed by atoms with Crippen molar-refractivity contribution in [1.29, 1.82) is 0 Å². The molecule has 0 aromatic heterocycles. The third-order valence-electron chi connectivity index (χ3n) is 4.04. The summed E-state index contributed by atoms with van der Waals surface area (Å²) >= 11 is 2.15. The van der Waals surface area contributed by atoms with Crippen LogP contribution < -0.4 is 5.32 Å². The molecule has 3 saturated heterocycles. The minimum absolute atomic E-state index is 0.811. The van der Waals surface area contributed by atoms with Crippen LogP contribution in [0.2, 0.25) is 0 Å². The molecule has 0 aromatic carbocycles. The van der Waals surface area contributed by atoms with Gasteiger partial charge in [0.25, 0.3) is 0 Å². The molecule has 3 aliphatic rings. The minimum Gasteiger partial charge on any atom is -0.311 e. The van der Waals surface area contributed by atoms with Gasteiger partial charge in [0.2, 0.25) is 0 Å². The molecular weight excluding hydrogens is 192 g/mol. The molecule has 3 heterocycles. The Morgan fingerprint density at radius 3 is 3.21 bits per heavy atom. The summed E-state index contributed by atoms with van der Waals surface area (Å²) in [5, 5.41) is 3.77. The van der Waals surface area contributed by atoms with Crippen LogP contribution in [-0.4, -0.2) is 47.6 Å². The van der Waals surface area contributed by atoms with Gasteiger partial charge in [-0.15, -0.1) is 0 Å². The fraction of sp³-hybridized carbons (Fsp3) is 1.00. The second-order valence-corrected chi connectivity index (χ2v) is 5.98. The molecule has 3 unspecified atom stereocenters. The molecule has 0 bridgehead atoms. The van der Waals surface area contributed by atoms with Gasteiger partial charge in [-0.05, 0) is 31.6 Å². The van der Waals surface area contributed by atoms with Gasteiger partial charge in [-0.25, -0.2) is 0 Å². The first-order chi connectivity index (χ1) is 6.95. The normalized spacial score (nSPS) is 44.1. The lowest BCUT2D eigenvalue weighted by atomic mass is 9.92. The Bertz CT molecular complexity index is 187. The van der Waals surface area contributed by atoms with Crippen LogP contribution in [-0.2, 0) is 0 Å². The summed E-state index contributed by atoms with van der Waals surface area (Å²) in [4.78, 5) is 2.82. The number of hydrogen-bond donors (Lipinski definition) is 1. The topological polar surface area (TPSA) is 15.3 Å². The molecule has 3 fully saturated rings. The molecule has 3 atom stereocenters. The summed E-state index contributed by atoms with van der Waals surface area (Å²) in [6, 6.07) is 2.53. The van der Waals surface area contributed by atoms with Crippen molar-refractivity contribution in [2.75, 3.05) is 24.6 Å². The average Bonchev–Trinajstić information content (AvgIpc) is 2.29. The van der Waals surface area contributed by atoms with E-state index in [9.17, 15) is 0 Å². The van der Waals surface area contributed by atoms with Crippen molar-refractivity contribution < 1.29 is 0 Å². The summed E-state index contributed by atoms with van der Waals surface area (Å²) in [6.45, 7) is 2.62. The largest absolute Gasteiger partial charge is 0.311 e. The van der Waals surface area contributed by atoms with Crippen molar-refractivity contribution in [3.05, 3.63) is 0 Å². The molecule has 3 rings (SSSR count). The van der Waals surface area contributed by atoms with Crippen molar-refractivity contribution in [1.82, 2.24) is 10.2 Å². The highest BCUT2D eigenvalue weighted by Gasteiger charge is 2.38.